The number of nitrogens with zero attached hydrogens (tertiary/aromatic N) is 10. The number of aliphatic hydroxyl groups is 1. The number of carbonyl (C=O) groups excluding carboxylic acids is 3. The Bertz CT molecular complexity index is 3430. The third-order valence-electron chi connectivity index (χ3n) is 13.8. The zero-order chi connectivity index (χ0) is 56.5. The van der Waals surface area contributed by atoms with E-state index in [0.717, 1.165) is 126 Å². The van der Waals surface area contributed by atoms with E-state index < -0.39 is 11.7 Å². The third kappa shape index (κ3) is 14.0. The molecule has 4 fully saturated rings. The Morgan fingerprint density at radius 2 is 1.02 bits per heavy atom. The molecule has 8 N–H and O–H groups in total. The number of amides is 3. The number of hydrogen-bond acceptors (Lipinski definition) is 18. The van der Waals surface area contributed by atoms with Gasteiger partial charge in [-0.05, 0) is 106 Å². The van der Waals surface area contributed by atoms with E-state index in [1.807, 2.05) is 106 Å². The van der Waals surface area contributed by atoms with Gasteiger partial charge in [-0.3, -0.25) is 19.6 Å². The van der Waals surface area contributed by atoms with Crippen LogP contribution in [0.2, 0.25) is 0 Å². The van der Waals surface area contributed by atoms with Crippen LogP contribution in [0.4, 0.5) is 39.2 Å². The number of carbonyl (C=O) groups is 3. The lowest BCUT2D eigenvalue weighted by Gasteiger charge is -2.41. The molecule has 8 aromatic rings. The van der Waals surface area contributed by atoms with Crippen molar-refractivity contribution in [2.45, 2.75) is 51.3 Å². The van der Waals surface area contributed by atoms with Crippen molar-refractivity contribution in [3.63, 3.8) is 0 Å². The number of pyridine rings is 4. The van der Waals surface area contributed by atoms with Gasteiger partial charge in [0.1, 0.15) is 28.3 Å². The predicted octanol–water partition coefficient (Wildman–Crippen LogP) is 5.54. The minimum absolute atomic E-state index is 0.0146. The molecule has 0 unspecified atom stereocenters. The van der Waals surface area contributed by atoms with Crippen LogP contribution in [0, 0.1) is 0 Å². The van der Waals surface area contributed by atoms with Crippen LogP contribution < -0.4 is 41.3 Å². The smallest absolute Gasteiger partial charge is 0.407 e. The number of fused-ring (bicyclic) bond motifs is 2. The average Bonchev–Trinajstić information content (AvgIpc) is 4.13. The third-order valence-corrected chi connectivity index (χ3v) is 13.8. The SMILES string of the molecule is CC(C)(C)OC(=O)NC1CN(c2ccnc(CC(=O)Nc3ccc(-c4nc5c(N6CCOCC6)nccc5[nH]4)cc3)c2)C1.CO.NC1CN(c2ccnc(CC(=O)Nc3ccc(-c4nc5c(N6CCOCC6)nccc5[nH]4)cc3)c2)C1. The summed E-state index contributed by atoms with van der Waals surface area (Å²) in [5, 5.41) is 15.8. The van der Waals surface area contributed by atoms with E-state index in [2.05, 4.69) is 65.5 Å². The number of benzene rings is 2. The number of aliphatic hydroxyl groups excluding tert-OH is 1. The molecule has 81 heavy (non-hydrogen) atoms. The summed E-state index contributed by atoms with van der Waals surface area (Å²) in [5.41, 5.74) is 15.6. The fraction of sp³-hybridized carbons (Fsp3) is 0.362. The highest BCUT2D eigenvalue weighted by atomic mass is 16.6. The quantitative estimate of drug-likeness (QED) is 0.0746. The topological polar surface area (TPSA) is 283 Å². The van der Waals surface area contributed by atoms with Gasteiger partial charge in [-0.2, -0.15) is 0 Å². The van der Waals surface area contributed by atoms with E-state index in [1.165, 1.54) is 0 Å². The summed E-state index contributed by atoms with van der Waals surface area (Å²) in [4.78, 5) is 80.5. The van der Waals surface area contributed by atoms with Gasteiger partial charge < -0.3 is 70.6 Å². The highest BCUT2D eigenvalue weighted by Crippen LogP contribution is 2.30. The second-order valence-corrected chi connectivity index (χ2v) is 21.0. The summed E-state index contributed by atoms with van der Waals surface area (Å²) in [7, 11) is 1.00. The van der Waals surface area contributed by atoms with Gasteiger partial charge in [0.2, 0.25) is 11.8 Å². The van der Waals surface area contributed by atoms with Crippen LogP contribution in [0.25, 0.3) is 44.8 Å². The van der Waals surface area contributed by atoms with E-state index in [-0.39, 0.29) is 36.7 Å². The summed E-state index contributed by atoms with van der Waals surface area (Å²) in [5.74, 6) is 2.96. The van der Waals surface area contributed by atoms with Gasteiger partial charge in [0, 0.05) is 124 Å². The number of aromatic amines is 2. The molecule has 2 aromatic carbocycles. The Balaban J connectivity index is 0.000000179. The van der Waals surface area contributed by atoms with Crippen LogP contribution >= 0.6 is 0 Å². The molecule has 6 aromatic heterocycles. The minimum atomic E-state index is -0.531. The maximum absolute atomic E-state index is 12.8. The molecule has 0 aliphatic carbocycles. The van der Waals surface area contributed by atoms with Crippen LogP contribution in [-0.2, 0) is 36.6 Å². The number of nitrogens with two attached hydrogens (primary N) is 1. The number of aromatic nitrogens is 8. The number of anilines is 6. The number of morpholine rings is 2. The maximum Gasteiger partial charge on any atom is 0.407 e. The first-order chi connectivity index (χ1) is 39.3. The van der Waals surface area contributed by atoms with Crippen molar-refractivity contribution in [3.8, 4) is 22.8 Å². The molecule has 4 aliphatic heterocycles. The Labute approximate surface area is 468 Å². The first-order valence-electron chi connectivity index (χ1n) is 27.1. The Hall–Kier alpha value is -8.77. The fourth-order valence-corrected chi connectivity index (χ4v) is 9.79. The van der Waals surface area contributed by atoms with Crippen molar-refractivity contribution in [3.05, 3.63) is 121 Å². The highest BCUT2D eigenvalue weighted by Gasteiger charge is 2.31. The lowest BCUT2D eigenvalue weighted by molar-refractivity contribution is -0.116. The molecule has 0 radical (unpaired) electrons. The van der Waals surface area contributed by atoms with E-state index in [1.54, 1.807) is 24.8 Å². The zero-order valence-corrected chi connectivity index (χ0v) is 45.9. The Morgan fingerprint density at radius 3 is 1.44 bits per heavy atom. The van der Waals surface area contributed by atoms with Crippen molar-refractivity contribution in [2.24, 2.45) is 5.73 Å². The molecule has 23 nitrogen and oxygen atoms in total. The second-order valence-electron chi connectivity index (χ2n) is 21.0. The molecule has 4 saturated heterocycles. The van der Waals surface area contributed by atoms with Crippen molar-refractivity contribution in [1.29, 1.82) is 0 Å². The molecule has 4 aliphatic rings. The molecule has 3 amide bonds. The number of rotatable bonds is 13. The summed E-state index contributed by atoms with van der Waals surface area (Å²) in [6.45, 7) is 14.4. The monoisotopic (exact) mass is 1100 g/mol. The van der Waals surface area contributed by atoms with Gasteiger partial charge in [0.25, 0.3) is 0 Å². The normalized spacial score (nSPS) is 15.6. The number of alkyl carbamates (subject to hydrolysis) is 1. The Kier molecular flexibility index (Phi) is 17.2. The first kappa shape index (κ1) is 55.5. The predicted molar refractivity (Wildman–Crippen MR) is 312 cm³/mol. The fourth-order valence-electron chi connectivity index (χ4n) is 9.79. The van der Waals surface area contributed by atoms with Crippen LogP contribution in [0.3, 0.4) is 0 Å². The molecule has 10 heterocycles. The number of nitrogens with one attached hydrogen (secondary N) is 5. The van der Waals surface area contributed by atoms with Crippen molar-refractivity contribution < 1.29 is 33.7 Å². The van der Waals surface area contributed by atoms with Gasteiger partial charge in [0.05, 0.1) is 67.7 Å². The van der Waals surface area contributed by atoms with E-state index in [9.17, 15) is 14.4 Å². The van der Waals surface area contributed by atoms with Gasteiger partial charge >= 0.3 is 6.09 Å². The zero-order valence-electron chi connectivity index (χ0n) is 45.9. The molecular weight excluding hydrogens is 1030 g/mol. The summed E-state index contributed by atoms with van der Waals surface area (Å²) >= 11 is 0. The van der Waals surface area contributed by atoms with E-state index >= 15 is 0 Å². The van der Waals surface area contributed by atoms with Gasteiger partial charge in [-0.1, -0.05) is 0 Å². The summed E-state index contributed by atoms with van der Waals surface area (Å²) in [6.07, 6.45) is 6.98. The number of hydrogen-bond donors (Lipinski definition) is 7. The molecule has 23 heteroatoms. The van der Waals surface area contributed by atoms with E-state index in [4.69, 9.17) is 35.0 Å². The van der Waals surface area contributed by atoms with Crippen LogP contribution in [0.1, 0.15) is 32.2 Å². The molecule has 0 atom stereocenters. The van der Waals surface area contributed by atoms with Crippen molar-refractivity contribution in [2.75, 3.05) is 116 Å². The van der Waals surface area contributed by atoms with Crippen LogP contribution in [-0.4, -0.2) is 166 Å². The van der Waals surface area contributed by atoms with Gasteiger partial charge in [-0.25, -0.2) is 24.7 Å². The van der Waals surface area contributed by atoms with Crippen LogP contribution in [0.15, 0.2) is 110 Å². The van der Waals surface area contributed by atoms with Crippen LogP contribution in [0.5, 0.6) is 0 Å². The number of ether oxygens (including phenoxy) is 3. The number of imidazole rings is 2. The van der Waals surface area contributed by atoms with Crippen molar-refractivity contribution >= 4 is 74.4 Å². The Morgan fingerprint density at radius 1 is 0.605 bits per heavy atom. The largest absolute Gasteiger partial charge is 0.444 e. The maximum atomic E-state index is 12.8. The lowest BCUT2D eigenvalue weighted by atomic mass is 10.1. The number of H-pyrrole nitrogens is 2. The minimum Gasteiger partial charge on any atom is -0.444 e. The second kappa shape index (κ2) is 25.1. The van der Waals surface area contributed by atoms with Gasteiger partial charge in [0.15, 0.2) is 11.6 Å². The lowest BCUT2D eigenvalue weighted by Crippen LogP contribution is -2.60. The van der Waals surface area contributed by atoms with Gasteiger partial charge in [-0.15, -0.1) is 0 Å². The average molecular weight is 1100 g/mol. The molecular formula is C58H68N16O7. The standard InChI is InChI=1S/C31H36N8O4.C26H28N8O2.CH4O/c1-31(2,3)43-30(41)35-23-18-39(19-23)24-8-10-32-22(16-24)17-26(40)34-21-6-4-20(5-7-21)28-36-25-9-11-33-29(27(25)37-28)38-12-14-42-15-13-38;27-18-15-34(16-18)21-5-7-28-20(13-21)14-23(35)30-19-3-1-17(2-4-19)25-31-22-6-8-29-26(24(22)32-25)33-9-11-36-12-10-33;1-2/h4-11,16,23H,12-15,17-19H2,1-3H3,(H,34,40)(H,35,41)(H,36,37);1-8,13,18H,9-12,14-16,27H2,(H,30,35)(H,31,32);2H,1H3. The molecule has 12 rings (SSSR count). The first-order valence-corrected chi connectivity index (χ1v) is 27.1. The molecule has 0 saturated carbocycles. The molecule has 422 valence electrons. The van der Waals surface area contributed by atoms with E-state index in [0.29, 0.717) is 50.9 Å². The molecule has 0 spiro atoms. The van der Waals surface area contributed by atoms with Crippen molar-refractivity contribution in [1.82, 2.24) is 45.2 Å². The summed E-state index contributed by atoms with van der Waals surface area (Å²) in [6, 6.07) is 27.1. The highest BCUT2D eigenvalue weighted by molar-refractivity contribution is 5.94. The summed E-state index contributed by atoms with van der Waals surface area (Å²) < 4.78 is 16.3. The molecule has 0 bridgehead atoms.